The van der Waals surface area contributed by atoms with Gasteiger partial charge < -0.3 is 20.1 Å². The molecule has 0 spiro atoms. The maximum absolute atomic E-state index is 14.6. The molecule has 2 aliphatic heterocycles. The van der Waals surface area contributed by atoms with Crippen LogP contribution in [0, 0.1) is 10.8 Å². The number of aliphatic hydroxyl groups is 1. The third-order valence-corrected chi connectivity index (χ3v) is 10.3. The van der Waals surface area contributed by atoms with Crippen LogP contribution >= 0.6 is 7.29 Å². The molecule has 0 radical (unpaired) electrons. The highest BCUT2D eigenvalue weighted by Crippen LogP contribution is 2.52. The average molecular weight is 617 g/mol. The summed E-state index contributed by atoms with van der Waals surface area (Å²) in [5.41, 5.74) is 0.775. The summed E-state index contributed by atoms with van der Waals surface area (Å²) in [6, 6.07) is 13.4. The second-order valence-electron chi connectivity index (χ2n) is 12.8. The number of nitrogens with zero attached hydrogens (tertiary/aromatic N) is 2. The molecular formula is C30H41N4O6PS. The number of fused-ring (bicyclic) bond motifs is 1. The minimum Gasteiger partial charge on any atom is -0.509 e. The molecule has 2 heterocycles. The summed E-state index contributed by atoms with van der Waals surface area (Å²) in [6.07, 6.45) is 1.57. The lowest BCUT2D eigenvalue weighted by atomic mass is 9.83. The van der Waals surface area contributed by atoms with Gasteiger partial charge in [-0.05, 0) is 41.0 Å². The van der Waals surface area contributed by atoms with Crippen molar-refractivity contribution in [2.45, 2.75) is 60.6 Å². The molecule has 0 aromatic heterocycles. The van der Waals surface area contributed by atoms with Crippen molar-refractivity contribution in [3.63, 3.8) is 0 Å². The van der Waals surface area contributed by atoms with E-state index in [9.17, 15) is 22.9 Å². The molecule has 2 aromatic rings. The summed E-state index contributed by atoms with van der Waals surface area (Å²) in [6.45, 7) is 12.7. The average Bonchev–Trinajstić information content (AvgIpc) is 3.12. The predicted octanol–water partition coefficient (Wildman–Crippen LogP) is 5.47. The van der Waals surface area contributed by atoms with Crippen molar-refractivity contribution in [1.82, 2.24) is 4.90 Å². The molecule has 0 saturated heterocycles. The molecule has 3 N–H and O–H groups in total. The SMILES string of the molecule is CCC(C)(C)CN1C(=O)C(C2=N[P@@](=O)(COCc3ccccc3)c3cc(NS(C)(=O)=O)ccc3N2)=C(O)C1C(C)(C)C. The number of amidine groups is 1. The summed E-state index contributed by atoms with van der Waals surface area (Å²) in [5, 5.41) is 14.9. The molecular weight excluding hydrogens is 575 g/mol. The third-order valence-electron chi connectivity index (χ3n) is 7.48. The number of benzene rings is 2. The first kappa shape index (κ1) is 31.8. The minimum absolute atomic E-state index is 0.00604. The first-order valence-corrected chi connectivity index (χ1v) is 17.6. The molecule has 42 heavy (non-hydrogen) atoms. The van der Waals surface area contributed by atoms with E-state index in [-0.39, 0.29) is 46.5 Å². The fourth-order valence-corrected chi connectivity index (χ4v) is 7.65. The lowest BCUT2D eigenvalue weighted by Gasteiger charge is -2.39. The van der Waals surface area contributed by atoms with Gasteiger partial charge in [-0.25, -0.2) is 13.2 Å². The fraction of sp³-hybridized carbons (Fsp3) is 0.467. The molecule has 0 fully saturated rings. The van der Waals surface area contributed by atoms with E-state index in [1.54, 1.807) is 11.0 Å². The van der Waals surface area contributed by atoms with E-state index in [4.69, 9.17) is 4.74 Å². The van der Waals surface area contributed by atoms with Crippen LogP contribution in [0.5, 0.6) is 0 Å². The monoisotopic (exact) mass is 616 g/mol. The second kappa shape index (κ2) is 11.5. The van der Waals surface area contributed by atoms with Gasteiger partial charge in [0.05, 0.1) is 29.9 Å². The van der Waals surface area contributed by atoms with Crippen LogP contribution in [-0.2, 0) is 30.7 Å². The normalized spacial score (nSPS) is 21.2. The zero-order valence-corrected chi connectivity index (χ0v) is 27.0. The first-order valence-electron chi connectivity index (χ1n) is 13.9. The van der Waals surface area contributed by atoms with Crippen LogP contribution in [0.2, 0.25) is 0 Å². The summed E-state index contributed by atoms with van der Waals surface area (Å²) in [5.74, 6) is -0.511. The number of amides is 1. The van der Waals surface area contributed by atoms with Crippen molar-refractivity contribution in [2.24, 2.45) is 15.6 Å². The highest BCUT2D eigenvalue weighted by Gasteiger charge is 2.49. The predicted molar refractivity (Wildman–Crippen MR) is 168 cm³/mol. The molecule has 0 saturated carbocycles. The number of anilines is 2. The van der Waals surface area contributed by atoms with Gasteiger partial charge in [0.1, 0.15) is 23.5 Å². The molecule has 0 aliphatic carbocycles. The largest absolute Gasteiger partial charge is 0.509 e. The van der Waals surface area contributed by atoms with Crippen LogP contribution in [0.3, 0.4) is 0 Å². The molecule has 1 unspecified atom stereocenters. The van der Waals surface area contributed by atoms with Gasteiger partial charge in [-0.2, -0.15) is 0 Å². The smallest absolute Gasteiger partial charge is 0.261 e. The van der Waals surface area contributed by atoms with Crippen LogP contribution < -0.4 is 15.3 Å². The standard InChI is InChI=1S/C30H41N4O6PS/c1-8-30(5,6)18-34-26(29(2,3)4)25(35)24(28(34)36)27-31-22-15-14-21(33-42(7,38)39)16-23(22)41(37,32-27)19-40-17-20-12-10-9-11-13-20/h9-16,26,33,35H,8,17-19H2,1-7H3,(H,31,32,37)/t26?,41-/m1/s1. The topological polar surface area (TPSA) is 137 Å². The van der Waals surface area contributed by atoms with E-state index in [0.717, 1.165) is 18.2 Å². The molecule has 2 aromatic carbocycles. The van der Waals surface area contributed by atoms with Crippen molar-refractivity contribution < 1.29 is 27.6 Å². The summed E-state index contributed by atoms with van der Waals surface area (Å²) in [4.78, 5) is 15.7. The fourth-order valence-electron chi connectivity index (χ4n) is 5.14. The van der Waals surface area contributed by atoms with Crippen molar-refractivity contribution in [2.75, 3.05) is 29.2 Å². The molecule has 2 aliphatic rings. The Bertz CT molecular complexity index is 1580. The van der Waals surface area contributed by atoms with Crippen molar-refractivity contribution in [1.29, 1.82) is 0 Å². The van der Waals surface area contributed by atoms with Gasteiger partial charge in [0.15, 0.2) is 0 Å². The molecule has 1 amide bonds. The first-order chi connectivity index (χ1) is 19.4. The lowest BCUT2D eigenvalue weighted by molar-refractivity contribution is -0.130. The third kappa shape index (κ3) is 6.90. The van der Waals surface area contributed by atoms with Crippen LogP contribution in [-0.4, -0.2) is 55.4 Å². The number of ether oxygens (including phenoxy) is 1. The highest BCUT2D eigenvalue weighted by molar-refractivity contribution is 7.92. The zero-order chi connectivity index (χ0) is 31.1. The quantitative estimate of drug-likeness (QED) is 0.301. The van der Waals surface area contributed by atoms with Crippen LogP contribution in [0.1, 0.15) is 53.5 Å². The molecule has 10 nitrogen and oxygen atoms in total. The van der Waals surface area contributed by atoms with E-state index in [2.05, 4.69) is 35.6 Å². The number of hydrogen-bond acceptors (Lipinski definition) is 7. The Morgan fingerprint density at radius 2 is 1.79 bits per heavy atom. The molecule has 0 bridgehead atoms. The maximum atomic E-state index is 14.6. The van der Waals surface area contributed by atoms with Gasteiger partial charge in [-0.3, -0.25) is 14.1 Å². The molecule has 228 valence electrons. The highest BCUT2D eigenvalue weighted by atomic mass is 32.2. The number of nitrogens with one attached hydrogen (secondary N) is 2. The van der Waals surface area contributed by atoms with Gasteiger partial charge in [0.2, 0.25) is 17.3 Å². The number of rotatable bonds is 10. The Hall–Kier alpha value is -3.14. The summed E-state index contributed by atoms with van der Waals surface area (Å²) >= 11 is 0. The Kier molecular flexibility index (Phi) is 8.71. The van der Waals surface area contributed by atoms with Crippen LogP contribution in [0.4, 0.5) is 11.4 Å². The second-order valence-corrected chi connectivity index (χ2v) is 16.9. The van der Waals surface area contributed by atoms with Crippen LogP contribution in [0.15, 0.2) is 64.6 Å². The summed E-state index contributed by atoms with van der Waals surface area (Å²) in [7, 11) is -7.36. The van der Waals surface area contributed by atoms with Crippen LogP contribution in [0.25, 0.3) is 0 Å². The van der Waals surface area contributed by atoms with Crippen molar-refractivity contribution in [3.8, 4) is 0 Å². The van der Waals surface area contributed by atoms with E-state index in [1.807, 2.05) is 51.1 Å². The van der Waals surface area contributed by atoms with E-state index in [0.29, 0.717) is 12.2 Å². The molecule has 4 rings (SSSR count). The van der Waals surface area contributed by atoms with E-state index in [1.165, 1.54) is 12.1 Å². The van der Waals surface area contributed by atoms with E-state index >= 15 is 0 Å². The van der Waals surface area contributed by atoms with Gasteiger partial charge in [0, 0.05) is 12.2 Å². The number of carbonyl (C=O) groups excluding carboxylic acids is 1. The van der Waals surface area contributed by atoms with Crippen molar-refractivity contribution in [3.05, 3.63) is 65.4 Å². The number of sulfonamides is 1. The van der Waals surface area contributed by atoms with E-state index < -0.39 is 34.7 Å². The number of hydrogen-bond donors (Lipinski definition) is 3. The number of aliphatic hydroxyl groups excluding tert-OH is 1. The van der Waals surface area contributed by atoms with Crippen molar-refractivity contribution >= 4 is 45.7 Å². The summed E-state index contributed by atoms with van der Waals surface area (Å²) < 4.78 is 51.3. The Morgan fingerprint density at radius 3 is 2.38 bits per heavy atom. The zero-order valence-electron chi connectivity index (χ0n) is 25.3. The molecule has 2 atom stereocenters. The maximum Gasteiger partial charge on any atom is 0.261 e. The van der Waals surface area contributed by atoms with Gasteiger partial charge in [-0.15, -0.1) is 0 Å². The Labute approximate surface area is 248 Å². The number of carbonyl (C=O) groups is 1. The minimum atomic E-state index is -3.77. The van der Waals surface area contributed by atoms with Gasteiger partial charge >= 0.3 is 0 Å². The Balaban J connectivity index is 1.79. The molecule has 12 heteroatoms. The van der Waals surface area contributed by atoms with Gasteiger partial charge in [-0.1, -0.05) is 71.9 Å². The lowest BCUT2D eigenvalue weighted by Crippen LogP contribution is -2.48. The Morgan fingerprint density at radius 1 is 1.12 bits per heavy atom. The van der Waals surface area contributed by atoms with Gasteiger partial charge in [0.25, 0.3) is 5.91 Å².